The zero-order valence-electron chi connectivity index (χ0n) is 15.1. The Balaban J connectivity index is 1.91. The Labute approximate surface area is 164 Å². The number of nitrogens with one attached hydrogen (secondary N) is 1. The van der Waals surface area contributed by atoms with Crippen molar-refractivity contribution in [1.82, 2.24) is 0 Å². The summed E-state index contributed by atoms with van der Waals surface area (Å²) in [5.41, 5.74) is 0.0540. The van der Waals surface area contributed by atoms with E-state index < -0.39 is 41.1 Å². The number of amides is 1. The number of nitrogens with zero attached hydrogens (tertiary/aromatic N) is 1. The summed E-state index contributed by atoms with van der Waals surface area (Å²) in [5, 5.41) is 10.5. The summed E-state index contributed by atoms with van der Waals surface area (Å²) in [7, 11) is 0. The number of carbonyl (C=O) groups is 2. The molecule has 29 heavy (non-hydrogen) atoms. The first-order valence-electron chi connectivity index (χ1n) is 8.24. The second kappa shape index (κ2) is 9.94. The summed E-state index contributed by atoms with van der Waals surface area (Å²) in [4.78, 5) is 23.8. The molecule has 0 aliphatic carbocycles. The standard InChI is InChI=1S/C20H15F3N2O4/c1-12(20(27)25-16-8-7-15(21)18(22)19(16)23)29-17(26)9-4-13-2-5-14(6-3-13)28-11-10-24/h2-9,12H,11H2,1H3,(H,25,27)/b9-4+. The Morgan fingerprint density at radius 3 is 2.48 bits per heavy atom. The van der Waals surface area contributed by atoms with Crippen LogP contribution in [0.25, 0.3) is 6.08 Å². The van der Waals surface area contributed by atoms with E-state index in [2.05, 4.69) is 0 Å². The Morgan fingerprint density at radius 2 is 1.83 bits per heavy atom. The normalized spacial score (nSPS) is 11.6. The van der Waals surface area contributed by atoms with Crippen molar-refractivity contribution >= 4 is 23.6 Å². The third-order valence-electron chi connectivity index (χ3n) is 3.55. The van der Waals surface area contributed by atoms with Crippen LogP contribution in [0.2, 0.25) is 0 Å². The van der Waals surface area contributed by atoms with Gasteiger partial charge in [-0.05, 0) is 42.8 Å². The fraction of sp³-hybridized carbons (Fsp3) is 0.150. The van der Waals surface area contributed by atoms with Crippen LogP contribution in [0, 0.1) is 28.8 Å². The highest BCUT2D eigenvalue weighted by Gasteiger charge is 2.20. The predicted molar refractivity (Wildman–Crippen MR) is 97.1 cm³/mol. The highest BCUT2D eigenvalue weighted by molar-refractivity contribution is 5.96. The van der Waals surface area contributed by atoms with Gasteiger partial charge in [0.15, 0.2) is 30.2 Å². The molecular weight excluding hydrogens is 389 g/mol. The van der Waals surface area contributed by atoms with Gasteiger partial charge in [-0.15, -0.1) is 0 Å². The first-order valence-corrected chi connectivity index (χ1v) is 8.24. The fourth-order valence-corrected chi connectivity index (χ4v) is 2.08. The number of ether oxygens (including phenoxy) is 2. The number of nitriles is 1. The van der Waals surface area contributed by atoms with Crippen molar-refractivity contribution in [3.05, 3.63) is 65.5 Å². The number of hydrogen-bond donors (Lipinski definition) is 1. The van der Waals surface area contributed by atoms with Gasteiger partial charge in [0.2, 0.25) is 0 Å². The van der Waals surface area contributed by atoms with Crippen LogP contribution in [0.4, 0.5) is 18.9 Å². The second-order valence-electron chi connectivity index (χ2n) is 5.64. The molecule has 1 atom stereocenters. The summed E-state index contributed by atoms with van der Waals surface area (Å²) in [6.45, 7) is 1.15. The monoisotopic (exact) mass is 404 g/mol. The molecule has 0 fully saturated rings. The smallest absolute Gasteiger partial charge is 0.331 e. The van der Waals surface area contributed by atoms with Gasteiger partial charge in [-0.25, -0.2) is 18.0 Å². The summed E-state index contributed by atoms with van der Waals surface area (Å²) >= 11 is 0. The molecule has 6 nitrogen and oxygen atoms in total. The number of halogens is 3. The van der Waals surface area contributed by atoms with E-state index in [0.29, 0.717) is 17.4 Å². The van der Waals surface area contributed by atoms with E-state index in [1.165, 1.54) is 13.0 Å². The van der Waals surface area contributed by atoms with Gasteiger partial charge >= 0.3 is 5.97 Å². The third kappa shape index (κ3) is 6.10. The molecule has 0 aliphatic rings. The van der Waals surface area contributed by atoms with E-state index in [-0.39, 0.29) is 6.61 Å². The number of hydrogen-bond acceptors (Lipinski definition) is 5. The molecule has 1 amide bonds. The van der Waals surface area contributed by atoms with Crippen LogP contribution >= 0.6 is 0 Å². The molecule has 0 aromatic heterocycles. The Bertz CT molecular complexity index is 969. The minimum absolute atomic E-state index is 0.0874. The second-order valence-corrected chi connectivity index (χ2v) is 5.64. The van der Waals surface area contributed by atoms with Gasteiger partial charge in [-0.2, -0.15) is 5.26 Å². The lowest BCUT2D eigenvalue weighted by molar-refractivity contribution is -0.148. The van der Waals surface area contributed by atoms with Crippen molar-refractivity contribution in [2.45, 2.75) is 13.0 Å². The number of benzene rings is 2. The lowest BCUT2D eigenvalue weighted by atomic mass is 10.2. The molecule has 0 saturated carbocycles. The van der Waals surface area contributed by atoms with E-state index in [0.717, 1.165) is 12.1 Å². The summed E-state index contributed by atoms with van der Waals surface area (Å²) in [6, 6.07) is 9.83. The molecular formula is C20H15F3N2O4. The lowest BCUT2D eigenvalue weighted by Crippen LogP contribution is -2.29. The van der Waals surface area contributed by atoms with Crippen LogP contribution in [0.15, 0.2) is 42.5 Å². The Morgan fingerprint density at radius 1 is 1.14 bits per heavy atom. The minimum Gasteiger partial charge on any atom is -0.479 e. The third-order valence-corrected chi connectivity index (χ3v) is 3.55. The van der Waals surface area contributed by atoms with E-state index in [1.807, 2.05) is 11.4 Å². The number of carbonyl (C=O) groups excluding carboxylic acids is 2. The molecule has 0 saturated heterocycles. The van der Waals surface area contributed by atoms with Crippen molar-refractivity contribution in [2.24, 2.45) is 0 Å². The topological polar surface area (TPSA) is 88.4 Å². The summed E-state index contributed by atoms with van der Waals surface area (Å²) < 4.78 is 49.7. The predicted octanol–water partition coefficient (Wildman–Crippen LogP) is 3.59. The SMILES string of the molecule is CC(OC(=O)/C=C/c1ccc(OCC#N)cc1)C(=O)Nc1ccc(F)c(F)c1F. The maximum absolute atomic E-state index is 13.6. The van der Waals surface area contributed by atoms with Crippen molar-refractivity contribution in [3.63, 3.8) is 0 Å². The molecule has 0 spiro atoms. The molecule has 1 unspecified atom stereocenters. The van der Waals surface area contributed by atoms with E-state index in [4.69, 9.17) is 14.7 Å². The van der Waals surface area contributed by atoms with Crippen LogP contribution in [-0.4, -0.2) is 24.6 Å². The first kappa shape index (κ1) is 21.5. The van der Waals surface area contributed by atoms with Gasteiger partial charge in [-0.1, -0.05) is 12.1 Å². The summed E-state index contributed by atoms with van der Waals surface area (Å²) in [5.74, 6) is -5.95. The zero-order chi connectivity index (χ0) is 21.4. The number of anilines is 1. The molecule has 2 rings (SSSR count). The maximum Gasteiger partial charge on any atom is 0.331 e. The Hall–Kier alpha value is -3.80. The quantitative estimate of drug-likeness (QED) is 0.433. The maximum atomic E-state index is 13.6. The van der Waals surface area contributed by atoms with Crippen LogP contribution in [0.1, 0.15) is 12.5 Å². The molecule has 0 radical (unpaired) electrons. The van der Waals surface area contributed by atoms with Gasteiger partial charge in [0, 0.05) is 6.08 Å². The molecule has 2 aromatic rings. The molecule has 2 aromatic carbocycles. The van der Waals surface area contributed by atoms with E-state index in [1.54, 1.807) is 24.3 Å². The van der Waals surface area contributed by atoms with Crippen LogP contribution in [-0.2, 0) is 14.3 Å². The van der Waals surface area contributed by atoms with Gasteiger partial charge in [0.25, 0.3) is 5.91 Å². The molecule has 1 N–H and O–H groups in total. The Kier molecular flexibility index (Phi) is 7.37. The van der Waals surface area contributed by atoms with Gasteiger partial charge in [0.05, 0.1) is 5.69 Å². The number of esters is 1. The van der Waals surface area contributed by atoms with Crippen molar-refractivity contribution < 1.29 is 32.2 Å². The van der Waals surface area contributed by atoms with Crippen LogP contribution in [0.3, 0.4) is 0 Å². The van der Waals surface area contributed by atoms with Crippen molar-refractivity contribution in [3.8, 4) is 11.8 Å². The van der Waals surface area contributed by atoms with Gasteiger partial charge in [0.1, 0.15) is 11.8 Å². The first-order chi connectivity index (χ1) is 13.8. The highest BCUT2D eigenvalue weighted by atomic mass is 19.2. The van der Waals surface area contributed by atoms with Crippen molar-refractivity contribution in [2.75, 3.05) is 11.9 Å². The van der Waals surface area contributed by atoms with Crippen LogP contribution in [0.5, 0.6) is 5.75 Å². The van der Waals surface area contributed by atoms with Crippen LogP contribution < -0.4 is 10.1 Å². The fourth-order valence-electron chi connectivity index (χ4n) is 2.08. The molecule has 0 heterocycles. The zero-order valence-corrected chi connectivity index (χ0v) is 15.1. The lowest BCUT2D eigenvalue weighted by Gasteiger charge is -2.13. The highest BCUT2D eigenvalue weighted by Crippen LogP contribution is 2.20. The molecule has 150 valence electrons. The molecule has 0 aliphatic heterocycles. The summed E-state index contributed by atoms with van der Waals surface area (Å²) in [6.07, 6.45) is 1.18. The average molecular weight is 404 g/mol. The minimum atomic E-state index is -1.72. The van der Waals surface area contributed by atoms with Crippen molar-refractivity contribution in [1.29, 1.82) is 5.26 Å². The molecule has 9 heteroatoms. The number of rotatable bonds is 7. The largest absolute Gasteiger partial charge is 0.479 e. The van der Waals surface area contributed by atoms with E-state index >= 15 is 0 Å². The van der Waals surface area contributed by atoms with Gasteiger partial charge < -0.3 is 14.8 Å². The van der Waals surface area contributed by atoms with Gasteiger partial charge in [-0.3, -0.25) is 4.79 Å². The molecule has 0 bridgehead atoms. The van der Waals surface area contributed by atoms with E-state index in [9.17, 15) is 22.8 Å². The average Bonchev–Trinajstić information content (AvgIpc) is 2.71.